The van der Waals surface area contributed by atoms with Crippen LogP contribution in [0.5, 0.6) is 0 Å². The highest BCUT2D eigenvalue weighted by Crippen LogP contribution is 2.24. The van der Waals surface area contributed by atoms with Crippen molar-refractivity contribution in [3.8, 4) is 11.3 Å². The molecule has 0 aliphatic rings. The van der Waals surface area contributed by atoms with Crippen LogP contribution < -0.4 is 0 Å². The topological polar surface area (TPSA) is 38.1 Å². The average Bonchev–Trinajstić information content (AvgIpc) is 3.06. The van der Waals surface area contributed by atoms with Gasteiger partial charge in [0, 0.05) is 42.4 Å². The molecule has 0 N–H and O–H groups in total. The van der Waals surface area contributed by atoms with E-state index in [0.29, 0.717) is 19.5 Å². The Hall–Kier alpha value is -2.59. The number of carbonyl (C=O) groups is 1. The lowest BCUT2D eigenvalue weighted by Gasteiger charge is -2.16. The summed E-state index contributed by atoms with van der Waals surface area (Å²) in [5.41, 5.74) is 3.97. The number of hydrogen-bond acceptors (Lipinski definition) is 2. The van der Waals surface area contributed by atoms with Gasteiger partial charge in [-0.1, -0.05) is 67.1 Å². The quantitative estimate of drug-likeness (QED) is 0.637. The Morgan fingerprint density at radius 3 is 2.46 bits per heavy atom. The number of hydrogen-bond donors (Lipinski definition) is 0. The molecule has 0 spiro atoms. The second-order valence-electron chi connectivity index (χ2n) is 6.26. The zero-order valence-corrected chi connectivity index (χ0v) is 15.8. The first-order valence-electron chi connectivity index (χ1n) is 8.67. The van der Waals surface area contributed by atoms with E-state index in [9.17, 15) is 4.79 Å². The summed E-state index contributed by atoms with van der Waals surface area (Å²) in [6.45, 7) is 2.99. The Morgan fingerprint density at radius 2 is 1.77 bits per heavy atom. The van der Waals surface area contributed by atoms with Crippen molar-refractivity contribution in [3.05, 3.63) is 76.9 Å². The molecule has 0 saturated heterocycles. The number of halogens is 1. The van der Waals surface area contributed by atoms with Crippen LogP contribution in [0.3, 0.4) is 0 Å². The Kier molecular flexibility index (Phi) is 5.74. The largest absolute Gasteiger partial charge is 0.341 e. The molecule has 1 amide bonds. The molecule has 2 aromatic carbocycles. The van der Waals surface area contributed by atoms with E-state index in [1.54, 1.807) is 4.90 Å². The van der Waals surface area contributed by atoms with Crippen LogP contribution in [0.2, 0.25) is 5.02 Å². The monoisotopic (exact) mass is 367 g/mol. The minimum Gasteiger partial charge on any atom is -0.341 e. The molecule has 3 rings (SSSR count). The lowest BCUT2D eigenvalue weighted by atomic mass is 10.1. The van der Waals surface area contributed by atoms with Crippen LogP contribution >= 0.6 is 11.6 Å². The van der Waals surface area contributed by atoms with E-state index < -0.39 is 0 Å². The molecule has 1 heterocycles. The molecule has 3 aromatic rings. The lowest BCUT2D eigenvalue weighted by molar-refractivity contribution is -0.130. The number of amides is 1. The molecule has 5 heteroatoms. The van der Waals surface area contributed by atoms with Gasteiger partial charge < -0.3 is 4.90 Å². The van der Waals surface area contributed by atoms with E-state index in [-0.39, 0.29) is 5.91 Å². The van der Waals surface area contributed by atoms with Gasteiger partial charge >= 0.3 is 0 Å². The highest BCUT2D eigenvalue weighted by atomic mass is 35.5. The summed E-state index contributed by atoms with van der Waals surface area (Å²) < 4.78 is 1.89. The van der Waals surface area contributed by atoms with Crippen molar-refractivity contribution in [1.82, 2.24) is 14.7 Å². The highest BCUT2D eigenvalue weighted by Gasteiger charge is 2.15. The predicted molar refractivity (Wildman–Crippen MR) is 105 cm³/mol. The summed E-state index contributed by atoms with van der Waals surface area (Å²) in [7, 11) is 1.83. The van der Waals surface area contributed by atoms with Gasteiger partial charge in [0.2, 0.25) is 5.91 Å². The first kappa shape index (κ1) is 18.2. The van der Waals surface area contributed by atoms with Gasteiger partial charge in [-0.05, 0) is 11.6 Å². The van der Waals surface area contributed by atoms with Crippen LogP contribution in [0.4, 0.5) is 0 Å². The molecule has 0 unspecified atom stereocenters. The Balaban J connectivity index is 1.95. The van der Waals surface area contributed by atoms with Crippen molar-refractivity contribution in [3.63, 3.8) is 0 Å². The second kappa shape index (κ2) is 8.19. The van der Waals surface area contributed by atoms with E-state index in [4.69, 9.17) is 16.7 Å². The van der Waals surface area contributed by atoms with E-state index in [2.05, 4.69) is 0 Å². The molecule has 26 heavy (non-hydrogen) atoms. The van der Waals surface area contributed by atoms with Gasteiger partial charge in [0.05, 0.1) is 12.2 Å². The molecule has 0 fully saturated rings. The second-order valence-corrected chi connectivity index (χ2v) is 6.67. The summed E-state index contributed by atoms with van der Waals surface area (Å²) in [4.78, 5) is 13.7. The van der Waals surface area contributed by atoms with Crippen molar-refractivity contribution in [2.75, 3.05) is 7.05 Å². The molecule has 0 aliphatic heterocycles. The Morgan fingerprint density at radius 1 is 1.08 bits per heavy atom. The fourth-order valence-corrected chi connectivity index (χ4v) is 3.11. The van der Waals surface area contributed by atoms with Crippen molar-refractivity contribution >= 4 is 17.5 Å². The maximum Gasteiger partial charge on any atom is 0.222 e. The van der Waals surface area contributed by atoms with Gasteiger partial charge in [0.15, 0.2) is 0 Å². The van der Waals surface area contributed by atoms with E-state index in [0.717, 1.165) is 27.4 Å². The molecule has 4 nitrogen and oxygen atoms in total. The third-order valence-electron chi connectivity index (χ3n) is 4.31. The molecule has 0 atom stereocenters. The summed E-state index contributed by atoms with van der Waals surface area (Å²) in [6, 6.07) is 17.8. The van der Waals surface area contributed by atoms with E-state index >= 15 is 0 Å². The van der Waals surface area contributed by atoms with Crippen LogP contribution in [0.1, 0.15) is 24.5 Å². The van der Waals surface area contributed by atoms with Gasteiger partial charge in [-0.25, -0.2) is 0 Å². The summed E-state index contributed by atoms with van der Waals surface area (Å²) in [5.74, 6) is 0.114. The van der Waals surface area contributed by atoms with Crippen LogP contribution in [0.25, 0.3) is 11.3 Å². The third-order valence-corrected chi connectivity index (χ3v) is 4.68. The molecule has 0 radical (unpaired) electrons. The van der Waals surface area contributed by atoms with E-state index in [1.807, 2.05) is 79.4 Å². The van der Waals surface area contributed by atoms with Crippen LogP contribution in [0, 0.1) is 0 Å². The Bertz CT molecular complexity index is 889. The number of rotatable bonds is 6. The van der Waals surface area contributed by atoms with Gasteiger partial charge in [-0.2, -0.15) is 5.10 Å². The molecular weight excluding hydrogens is 346 g/mol. The van der Waals surface area contributed by atoms with Gasteiger partial charge in [0.25, 0.3) is 0 Å². The van der Waals surface area contributed by atoms with Gasteiger partial charge in [-0.15, -0.1) is 0 Å². The minimum atomic E-state index is 0.114. The fourth-order valence-electron chi connectivity index (χ4n) is 2.91. The normalized spacial score (nSPS) is 10.7. The van der Waals surface area contributed by atoms with Crippen molar-refractivity contribution in [2.45, 2.75) is 26.4 Å². The zero-order valence-electron chi connectivity index (χ0n) is 15.0. The number of aromatic nitrogens is 2. The summed E-state index contributed by atoms with van der Waals surface area (Å²) in [6.07, 6.45) is 2.50. The minimum absolute atomic E-state index is 0.114. The maximum absolute atomic E-state index is 12.0. The van der Waals surface area contributed by atoms with Gasteiger partial charge in [-0.3, -0.25) is 9.48 Å². The number of nitrogens with zero attached hydrogens (tertiary/aromatic N) is 3. The van der Waals surface area contributed by atoms with Crippen LogP contribution in [0.15, 0.2) is 60.8 Å². The molecule has 1 aromatic heterocycles. The molecule has 0 aliphatic carbocycles. The smallest absolute Gasteiger partial charge is 0.222 e. The summed E-state index contributed by atoms with van der Waals surface area (Å²) >= 11 is 6.29. The molecule has 134 valence electrons. The maximum atomic E-state index is 12.0. The van der Waals surface area contributed by atoms with Crippen molar-refractivity contribution in [1.29, 1.82) is 0 Å². The van der Waals surface area contributed by atoms with Crippen molar-refractivity contribution in [2.24, 2.45) is 0 Å². The molecule has 0 bridgehead atoms. The van der Waals surface area contributed by atoms with Crippen LogP contribution in [-0.2, 0) is 17.9 Å². The first-order chi connectivity index (χ1) is 12.6. The molecule has 0 saturated carbocycles. The van der Waals surface area contributed by atoms with Crippen LogP contribution in [-0.4, -0.2) is 27.6 Å². The van der Waals surface area contributed by atoms with Crippen molar-refractivity contribution < 1.29 is 4.79 Å². The summed E-state index contributed by atoms with van der Waals surface area (Å²) in [5, 5.41) is 5.50. The first-order valence-corrected chi connectivity index (χ1v) is 9.05. The fraction of sp³-hybridized carbons (Fsp3) is 0.238. The standard InChI is InChI=1S/C21H22ClN3O/c1-3-20(26)24(2)13-18-15-25(14-17-11-7-8-12-19(17)22)23-21(18)16-9-5-4-6-10-16/h4-12,15H,3,13-14H2,1-2H3. The number of carbonyl (C=O) groups excluding carboxylic acids is 1. The Labute approximate surface area is 159 Å². The van der Waals surface area contributed by atoms with Gasteiger partial charge in [0.1, 0.15) is 0 Å². The highest BCUT2D eigenvalue weighted by molar-refractivity contribution is 6.31. The lowest BCUT2D eigenvalue weighted by Crippen LogP contribution is -2.25. The zero-order chi connectivity index (χ0) is 18.5. The molecular formula is C21H22ClN3O. The third kappa shape index (κ3) is 4.14. The average molecular weight is 368 g/mol. The van der Waals surface area contributed by atoms with E-state index in [1.165, 1.54) is 0 Å². The number of benzene rings is 2. The predicted octanol–water partition coefficient (Wildman–Crippen LogP) is 4.62. The SMILES string of the molecule is CCC(=O)N(C)Cc1cn(Cc2ccccc2Cl)nc1-c1ccccc1.